The van der Waals surface area contributed by atoms with Crippen LogP contribution in [-0.4, -0.2) is 27.8 Å². The van der Waals surface area contributed by atoms with Gasteiger partial charge < -0.3 is 13.7 Å². The molecule has 0 N–H and O–H groups in total. The van der Waals surface area contributed by atoms with Crippen LogP contribution in [0.5, 0.6) is 11.5 Å². The molecule has 126 valence electrons. The molecule has 0 saturated heterocycles. The third kappa shape index (κ3) is 3.85. The molecule has 0 atom stereocenters. The smallest absolute Gasteiger partial charge is 0.467 e. The van der Waals surface area contributed by atoms with Gasteiger partial charge in [-0.3, -0.25) is 0 Å². The van der Waals surface area contributed by atoms with E-state index in [2.05, 4.69) is 4.18 Å². The van der Waals surface area contributed by atoms with E-state index >= 15 is 0 Å². The molecule has 0 bridgehead atoms. The van der Waals surface area contributed by atoms with Crippen LogP contribution in [0.25, 0.3) is 10.8 Å². The third-order valence-corrected chi connectivity index (χ3v) is 3.84. The number of hydrogen-bond donors (Lipinski definition) is 0. The lowest BCUT2D eigenvalue weighted by Crippen LogP contribution is -2.28. The minimum Gasteiger partial charge on any atom is -0.467 e. The van der Waals surface area contributed by atoms with E-state index in [4.69, 9.17) is 9.47 Å². The molecule has 0 heterocycles. The average molecular weight is 350 g/mol. The number of methoxy groups -OCH3 is 1. The SMILES string of the molecule is COCOc1cc(OS(=O)(=O)C(F)(F)F)c2cc(C)ccc2c1. The van der Waals surface area contributed by atoms with Crippen molar-refractivity contribution in [3.63, 3.8) is 0 Å². The maximum absolute atomic E-state index is 12.5. The number of benzene rings is 2. The van der Waals surface area contributed by atoms with Crippen LogP contribution in [0.4, 0.5) is 13.2 Å². The second-order valence-corrected chi connectivity index (χ2v) is 6.22. The van der Waals surface area contributed by atoms with Crippen molar-refractivity contribution < 1.29 is 35.2 Å². The summed E-state index contributed by atoms with van der Waals surface area (Å²) in [4.78, 5) is 0. The molecule has 9 heteroatoms. The normalized spacial score (nSPS) is 12.4. The molecule has 0 spiro atoms. The lowest BCUT2D eigenvalue weighted by molar-refractivity contribution is -0.0499. The zero-order valence-corrected chi connectivity index (χ0v) is 13.0. The molecule has 0 radical (unpaired) electrons. The predicted molar refractivity (Wildman–Crippen MR) is 76.8 cm³/mol. The monoisotopic (exact) mass is 350 g/mol. The van der Waals surface area contributed by atoms with E-state index in [-0.39, 0.29) is 17.9 Å². The molecule has 0 unspecified atom stereocenters. The summed E-state index contributed by atoms with van der Waals surface area (Å²) in [5, 5.41) is 0.694. The third-order valence-electron chi connectivity index (χ3n) is 2.87. The van der Waals surface area contributed by atoms with Gasteiger partial charge >= 0.3 is 15.6 Å². The van der Waals surface area contributed by atoms with Crippen LogP contribution >= 0.6 is 0 Å². The second-order valence-electron chi connectivity index (χ2n) is 4.68. The van der Waals surface area contributed by atoms with Crippen LogP contribution in [0.1, 0.15) is 5.56 Å². The first kappa shape index (κ1) is 17.4. The first-order valence-corrected chi connectivity index (χ1v) is 7.72. The van der Waals surface area contributed by atoms with Gasteiger partial charge in [0, 0.05) is 18.6 Å². The van der Waals surface area contributed by atoms with Crippen LogP contribution in [0.2, 0.25) is 0 Å². The molecule has 0 aromatic heterocycles. The Bertz CT molecular complexity index is 815. The number of aryl methyl sites for hydroxylation is 1. The molecular weight excluding hydrogens is 337 g/mol. The maximum Gasteiger partial charge on any atom is 0.534 e. The highest BCUT2D eigenvalue weighted by atomic mass is 32.2. The Kier molecular flexibility index (Phi) is 4.71. The number of halogens is 3. The molecule has 0 aliphatic heterocycles. The van der Waals surface area contributed by atoms with Crippen LogP contribution < -0.4 is 8.92 Å². The van der Waals surface area contributed by atoms with Gasteiger partial charge in [0.05, 0.1) is 0 Å². The topological polar surface area (TPSA) is 61.8 Å². The lowest BCUT2D eigenvalue weighted by Gasteiger charge is -2.14. The van der Waals surface area contributed by atoms with Crippen molar-refractivity contribution >= 4 is 20.9 Å². The quantitative estimate of drug-likeness (QED) is 0.470. The molecule has 23 heavy (non-hydrogen) atoms. The minimum atomic E-state index is -5.78. The van der Waals surface area contributed by atoms with Gasteiger partial charge in [0.25, 0.3) is 0 Å². The van der Waals surface area contributed by atoms with E-state index < -0.39 is 21.4 Å². The van der Waals surface area contributed by atoms with Gasteiger partial charge in [-0.2, -0.15) is 21.6 Å². The Morgan fingerprint density at radius 2 is 1.83 bits per heavy atom. The van der Waals surface area contributed by atoms with Crippen molar-refractivity contribution in [2.24, 2.45) is 0 Å². The Morgan fingerprint density at radius 1 is 1.13 bits per heavy atom. The summed E-state index contributed by atoms with van der Waals surface area (Å²) < 4.78 is 74.3. The summed E-state index contributed by atoms with van der Waals surface area (Å²) in [6, 6.07) is 7.49. The van der Waals surface area contributed by atoms with Crippen molar-refractivity contribution in [2.75, 3.05) is 13.9 Å². The van der Waals surface area contributed by atoms with E-state index in [1.54, 1.807) is 25.1 Å². The summed E-state index contributed by atoms with van der Waals surface area (Å²) in [5.74, 6) is -0.342. The standard InChI is InChI=1S/C14H13F3O5S/c1-9-3-4-10-6-11(21-8-20-2)7-13(12(10)5-9)22-23(18,19)14(15,16)17/h3-7H,8H2,1-2H3. The molecule has 0 saturated carbocycles. The van der Waals surface area contributed by atoms with Crippen LogP contribution in [-0.2, 0) is 14.9 Å². The number of hydrogen-bond acceptors (Lipinski definition) is 5. The Hall–Kier alpha value is -2.00. The van der Waals surface area contributed by atoms with Gasteiger partial charge in [-0.25, -0.2) is 0 Å². The van der Waals surface area contributed by atoms with Crippen LogP contribution in [0, 0.1) is 6.92 Å². The highest BCUT2D eigenvalue weighted by Gasteiger charge is 2.48. The van der Waals surface area contributed by atoms with E-state index in [1.165, 1.54) is 13.2 Å². The fourth-order valence-corrected chi connectivity index (χ4v) is 2.32. The molecule has 0 aliphatic carbocycles. The predicted octanol–water partition coefficient (Wildman–Crippen LogP) is 3.36. The Morgan fingerprint density at radius 3 is 2.43 bits per heavy atom. The molecule has 2 rings (SSSR count). The number of alkyl halides is 3. The summed E-state index contributed by atoms with van der Waals surface area (Å²) >= 11 is 0. The molecular formula is C14H13F3O5S. The van der Waals surface area contributed by atoms with Crippen molar-refractivity contribution in [3.05, 3.63) is 35.9 Å². The van der Waals surface area contributed by atoms with Gasteiger partial charge in [0.15, 0.2) is 12.5 Å². The van der Waals surface area contributed by atoms with Gasteiger partial charge in [-0.05, 0) is 24.4 Å². The van der Waals surface area contributed by atoms with Gasteiger partial charge in [0.2, 0.25) is 0 Å². The lowest BCUT2D eigenvalue weighted by atomic mass is 10.1. The van der Waals surface area contributed by atoms with Gasteiger partial charge in [0.1, 0.15) is 5.75 Å². The zero-order chi connectivity index (χ0) is 17.3. The zero-order valence-electron chi connectivity index (χ0n) is 12.2. The summed E-state index contributed by atoms with van der Waals surface area (Å²) in [6.07, 6.45) is 0. The van der Waals surface area contributed by atoms with Gasteiger partial charge in [-0.1, -0.05) is 17.7 Å². The fourth-order valence-electron chi connectivity index (χ4n) is 1.86. The molecule has 0 fully saturated rings. The van der Waals surface area contributed by atoms with Crippen molar-refractivity contribution in [2.45, 2.75) is 12.4 Å². The van der Waals surface area contributed by atoms with Crippen LogP contribution in [0.15, 0.2) is 30.3 Å². The van der Waals surface area contributed by atoms with E-state index in [0.717, 1.165) is 11.6 Å². The Labute approximate surface area is 130 Å². The molecule has 2 aromatic carbocycles. The minimum absolute atomic E-state index is 0.121. The first-order chi connectivity index (χ1) is 10.6. The first-order valence-electron chi connectivity index (χ1n) is 6.31. The van der Waals surface area contributed by atoms with E-state index in [0.29, 0.717) is 5.39 Å². The highest BCUT2D eigenvalue weighted by molar-refractivity contribution is 7.88. The molecule has 2 aromatic rings. The van der Waals surface area contributed by atoms with Crippen molar-refractivity contribution in [1.29, 1.82) is 0 Å². The summed E-state index contributed by atoms with van der Waals surface area (Å²) in [6.45, 7) is 1.57. The van der Waals surface area contributed by atoms with E-state index in [9.17, 15) is 21.6 Å². The molecule has 0 amide bonds. The summed E-state index contributed by atoms with van der Waals surface area (Å²) in [5.41, 5.74) is -4.79. The molecule has 0 aliphatic rings. The fraction of sp³-hybridized carbons (Fsp3) is 0.286. The Balaban J connectivity index is 2.57. The molecule has 5 nitrogen and oxygen atoms in total. The largest absolute Gasteiger partial charge is 0.534 e. The number of rotatable bonds is 5. The number of fused-ring (bicyclic) bond motifs is 1. The number of ether oxygens (including phenoxy) is 2. The van der Waals surface area contributed by atoms with Gasteiger partial charge in [-0.15, -0.1) is 0 Å². The van der Waals surface area contributed by atoms with Crippen molar-refractivity contribution in [1.82, 2.24) is 0 Å². The van der Waals surface area contributed by atoms with Crippen LogP contribution in [0.3, 0.4) is 0 Å². The maximum atomic E-state index is 12.5. The second kappa shape index (κ2) is 6.25. The average Bonchev–Trinajstić information content (AvgIpc) is 2.44. The van der Waals surface area contributed by atoms with Crippen molar-refractivity contribution in [3.8, 4) is 11.5 Å². The van der Waals surface area contributed by atoms with E-state index in [1.807, 2.05) is 0 Å². The highest BCUT2D eigenvalue weighted by Crippen LogP contribution is 2.35. The summed E-state index contributed by atoms with van der Waals surface area (Å²) in [7, 11) is -4.41.